The first-order valence-electron chi connectivity index (χ1n) is 7.56. The van der Waals surface area contributed by atoms with Gasteiger partial charge in [-0.05, 0) is 37.3 Å². The van der Waals surface area contributed by atoms with Crippen molar-refractivity contribution in [2.45, 2.75) is 13.0 Å². The van der Waals surface area contributed by atoms with Crippen molar-refractivity contribution in [1.82, 2.24) is 5.32 Å². The molecule has 0 radical (unpaired) electrons. The number of nitrogens with one attached hydrogen (secondary N) is 1. The number of benzene rings is 2. The lowest BCUT2D eigenvalue weighted by Crippen LogP contribution is -2.31. The Labute approximate surface area is 139 Å². The minimum absolute atomic E-state index is 0.126. The molecule has 0 fully saturated rings. The van der Waals surface area contributed by atoms with Gasteiger partial charge in [0.15, 0.2) is 6.61 Å². The summed E-state index contributed by atoms with van der Waals surface area (Å²) in [6, 6.07) is 18.1. The van der Waals surface area contributed by atoms with Crippen molar-refractivity contribution in [1.29, 1.82) is 5.26 Å². The van der Waals surface area contributed by atoms with Crippen LogP contribution in [0.15, 0.2) is 59.0 Å². The molecule has 1 heterocycles. The Bertz CT molecular complexity index is 875. The number of fused-ring (bicyclic) bond motifs is 1. The van der Waals surface area contributed by atoms with E-state index in [1.165, 1.54) is 0 Å². The maximum absolute atomic E-state index is 12.0. The summed E-state index contributed by atoms with van der Waals surface area (Å²) in [4.78, 5) is 12.0. The van der Waals surface area contributed by atoms with E-state index in [2.05, 4.69) is 5.32 Å². The van der Waals surface area contributed by atoms with E-state index < -0.39 is 0 Å². The van der Waals surface area contributed by atoms with E-state index in [-0.39, 0.29) is 18.6 Å². The number of para-hydroxylation sites is 1. The highest BCUT2D eigenvalue weighted by molar-refractivity contribution is 5.79. The summed E-state index contributed by atoms with van der Waals surface area (Å²) in [7, 11) is 0. The lowest BCUT2D eigenvalue weighted by Gasteiger charge is -2.12. The Morgan fingerprint density at radius 1 is 1.25 bits per heavy atom. The molecule has 3 rings (SSSR count). The maximum Gasteiger partial charge on any atom is 0.258 e. The summed E-state index contributed by atoms with van der Waals surface area (Å²) in [5.74, 6) is 0.918. The van der Waals surface area contributed by atoms with Crippen LogP contribution in [0.2, 0.25) is 0 Å². The molecule has 3 aromatic rings. The summed E-state index contributed by atoms with van der Waals surface area (Å²) in [5.41, 5.74) is 1.28. The molecule has 1 amide bonds. The predicted molar refractivity (Wildman–Crippen MR) is 89.4 cm³/mol. The Kier molecular flexibility index (Phi) is 4.48. The van der Waals surface area contributed by atoms with Crippen molar-refractivity contribution in [2.75, 3.05) is 6.61 Å². The Morgan fingerprint density at radius 3 is 2.88 bits per heavy atom. The largest absolute Gasteiger partial charge is 0.484 e. The quantitative estimate of drug-likeness (QED) is 0.780. The summed E-state index contributed by atoms with van der Waals surface area (Å²) < 4.78 is 11.1. The first kappa shape index (κ1) is 15.6. The summed E-state index contributed by atoms with van der Waals surface area (Å²) in [6.07, 6.45) is 0. The summed E-state index contributed by atoms with van der Waals surface area (Å²) in [6.45, 7) is 1.73. The van der Waals surface area contributed by atoms with Crippen LogP contribution in [0.5, 0.6) is 5.75 Å². The highest BCUT2D eigenvalue weighted by Crippen LogP contribution is 2.23. The number of furan rings is 1. The van der Waals surface area contributed by atoms with Crippen LogP contribution in [0.25, 0.3) is 11.0 Å². The Morgan fingerprint density at radius 2 is 2.08 bits per heavy atom. The van der Waals surface area contributed by atoms with Gasteiger partial charge >= 0.3 is 0 Å². The van der Waals surface area contributed by atoms with E-state index in [0.717, 1.165) is 11.0 Å². The maximum atomic E-state index is 12.0. The molecule has 5 nitrogen and oxygen atoms in total. The summed E-state index contributed by atoms with van der Waals surface area (Å²) >= 11 is 0. The van der Waals surface area contributed by atoms with Crippen LogP contribution in [0.4, 0.5) is 0 Å². The average molecular weight is 320 g/mol. The standard InChI is InChI=1S/C19H16N2O3/c1-13(18-10-15-6-2-3-8-17(15)24-18)21-19(22)12-23-16-7-4-5-14(9-16)11-20/h2-10,13H,12H2,1H3,(H,21,22)/t13-/m1/s1. The van der Waals surface area contributed by atoms with Crippen LogP contribution in [0, 0.1) is 11.3 Å². The van der Waals surface area contributed by atoms with Crippen LogP contribution in [-0.4, -0.2) is 12.5 Å². The Balaban J connectivity index is 1.58. The first-order chi connectivity index (χ1) is 11.7. The fourth-order valence-electron chi connectivity index (χ4n) is 2.37. The van der Waals surface area contributed by atoms with Gasteiger partial charge in [-0.2, -0.15) is 5.26 Å². The molecule has 1 atom stereocenters. The predicted octanol–water partition coefficient (Wildman–Crippen LogP) is 3.56. The molecule has 5 heteroatoms. The van der Waals surface area contributed by atoms with Gasteiger partial charge in [-0.3, -0.25) is 4.79 Å². The third-order valence-electron chi connectivity index (χ3n) is 3.58. The smallest absolute Gasteiger partial charge is 0.258 e. The molecular formula is C19H16N2O3. The van der Waals surface area contributed by atoms with E-state index in [9.17, 15) is 4.79 Å². The number of nitriles is 1. The second kappa shape index (κ2) is 6.88. The van der Waals surface area contributed by atoms with Crippen molar-refractivity contribution in [3.8, 4) is 11.8 Å². The van der Waals surface area contributed by atoms with Crippen LogP contribution >= 0.6 is 0 Å². The number of amides is 1. The molecule has 0 aliphatic rings. The molecule has 120 valence electrons. The topological polar surface area (TPSA) is 75.3 Å². The zero-order valence-corrected chi connectivity index (χ0v) is 13.2. The van der Waals surface area contributed by atoms with E-state index in [0.29, 0.717) is 17.1 Å². The molecule has 0 bridgehead atoms. The lowest BCUT2D eigenvalue weighted by atomic mass is 10.2. The minimum Gasteiger partial charge on any atom is -0.484 e. The number of carbonyl (C=O) groups is 1. The van der Waals surface area contributed by atoms with Gasteiger partial charge in [0, 0.05) is 5.39 Å². The van der Waals surface area contributed by atoms with E-state index >= 15 is 0 Å². The highest BCUT2D eigenvalue weighted by Gasteiger charge is 2.14. The van der Waals surface area contributed by atoms with Gasteiger partial charge in [0.25, 0.3) is 5.91 Å². The van der Waals surface area contributed by atoms with E-state index in [4.69, 9.17) is 14.4 Å². The zero-order valence-electron chi connectivity index (χ0n) is 13.2. The molecule has 0 aliphatic heterocycles. The Hall–Kier alpha value is -3.26. The SMILES string of the molecule is C[C@@H](NC(=O)COc1cccc(C#N)c1)c1cc2ccccc2o1. The van der Waals surface area contributed by atoms with Crippen LogP contribution in [-0.2, 0) is 4.79 Å². The van der Waals surface area contributed by atoms with Gasteiger partial charge in [-0.25, -0.2) is 0 Å². The number of carbonyl (C=O) groups excluding carboxylic acids is 1. The number of ether oxygens (including phenoxy) is 1. The molecule has 24 heavy (non-hydrogen) atoms. The molecule has 0 saturated heterocycles. The van der Waals surface area contributed by atoms with Crippen molar-refractivity contribution < 1.29 is 13.9 Å². The van der Waals surface area contributed by atoms with Gasteiger partial charge < -0.3 is 14.5 Å². The van der Waals surface area contributed by atoms with Crippen LogP contribution in [0.1, 0.15) is 24.3 Å². The molecule has 0 unspecified atom stereocenters. The highest BCUT2D eigenvalue weighted by atomic mass is 16.5. The number of nitrogens with zero attached hydrogens (tertiary/aromatic N) is 1. The van der Waals surface area contributed by atoms with Crippen molar-refractivity contribution in [3.63, 3.8) is 0 Å². The van der Waals surface area contributed by atoms with Gasteiger partial charge in [-0.15, -0.1) is 0 Å². The van der Waals surface area contributed by atoms with Crippen LogP contribution < -0.4 is 10.1 Å². The lowest BCUT2D eigenvalue weighted by molar-refractivity contribution is -0.123. The van der Waals surface area contributed by atoms with E-state index in [1.54, 1.807) is 24.3 Å². The molecule has 0 spiro atoms. The first-order valence-corrected chi connectivity index (χ1v) is 7.56. The van der Waals surface area contributed by atoms with Crippen molar-refractivity contribution >= 4 is 16.9 Å². The molecular weight excluding hydrogens is 304 g/mol. The van der Waals surface area contributed by atoms with Gasteiger partial charge in [0.05, 0.1) is 17.7 Å². The van der Waals surface area contributed by atoms with Gasteiger partial charge in [0.2, 0.25) is 0 Å². The van der Waals surface area contributed by atoms with Crippen LogP contribution in [0.3, 0.4) is 0 Å². The molecule has 0 aliphatic carbocycles. The molecule has 1 aromatic heterocycles. The molecule has 1 N–H and O–H groups in total. The monoisotopic (exact) mass is 320 g/mol. The van der Waals surface area contributed by atoms with Gasteiger partial charge in [0.1, 0.15) is 17.1 Å². The minimum atomic E-state index is -0.265. The number of hydrogen-bond donors (Lipinski definition) is 1. The zero-order chi connectivity index (χ0) is 16.9. The normalized spacial score (nSPS) is 11.7. The average Bonchev–Trinajstić information content (AvgIpc) is 3.04. The second-order valence-corrected chi connectivity index (χ2v) is 5.40. The van der Waals surface area contributed by atoms with Crippen molar-refractivity contribution in [2.24, 2.45) is 0 Å². The molecule has 2 aromatic carbocycles. The fraction of sp³-hybridized carbons (Fsp3) is 0.158. The molecule has 0 saturated carbocycles. The van der Waals surface area contributed by atoms with Gasteiger partial charge in [-0.1, -0.05) is 24.3 Å². The fourth-order valence-corrected chi connectivity index (χ4v) is 2.37. The summed E-state index contributed by atoms with van der Waals surface area (Å²) in [5, 5.41) is 12.7. The van der Waals surface area contributed by atoms with E-state index in [1.807, 2.05) is 43.3 Å². The second-order valence-electron chi connectivity index (χ2n) is 5.40. The number of hydrogen-bond acceptors (Lipinski definition) is 4. The third-order valence-corrected chi connectivity index (χ3v) is 3.58. The third kappa shape index (κ3) is 3.55. The number of rotatable bonds is 5. The van der Waals surface area contributed by atoms with Crippen molar-refractivity contribution in [3.05, 3.63) is 65.9 Å².